The van der Waals surface area contributed by atoms with Gasteiger partial charge in [0.2, 0.25) is 5.78 Å². The number of hydrogen-bond acceptors (Lipinski definition) is 6. The first-order valence-corrected chi connectivity index (χ1v) is 8.44. The quantitative estimate of drug-likeness (QED) is 0.678. The number of carbonyl (C=O) groups excluding carboxylic acids is 1. The number of methoxy groups -OCH3 is 4. The van der Waals surface area contributed by atoms with Crippen molar-refractivity contribution in [3.05, 3.63) is 45.6 Å². The van der Waals surface area contributed by atoms with Crippen LogP contribution >= 0.6 is 15.9 Å². The van der Waals surface area contributed by atoms with Crippen LogP contribution in [0.3, 0.4) is 0 Å². The van der Waals surface area contributed by atoms with Crippen LogP contribution in [-0.4, -0.2) is 34.2 Å². The molecule has 1 aliphatic rings. The van der Waals surface area contributed by atoms with Crippen molar-refractivity contribution in [2.45, 2.75) is 0 Å². The molecule has 0 N–H and O–H groups in total. The summed E-state index contributed by atoms with van der Waals surface area (Å²) in [5.41, 5.74) is 1.09. The second kappa shape index (κ2) is 7.29. The molecule has 0 fully saturated rings. The summed E-state index contributed by atoms with van der Waals surface area (Å²) < 4.78 is 27.5. The Hall–Kier alpha value is -2.67. The van der Waals surface area contributed by atoms with Gasteiger partial charge in [0, 0.05) is 6.07 Å². The molecule has 0 aliphatic carbocycles. The highest BCUT2D eigenvalue weighted by Crippen LogP contribution is 2.48. The molecule has 0 bridgehead atoms. The lowest BCUT2D eigenvalue weighted by Gasteiger charge is -2.10. The van der Waals surface area contributed by atoms with Crippen LogP contribution in [0.5, 0.6) is 28.7 Å². The number of allylic oxidation sites excluding steroid dienone is 1. The van der Waals surface area contributed by atoms with E-state index >= 15 is 0 Å². The van der Waals surface area contributed by atoms with Gasteiger partial charge in [-0.05, 0) is 39.7 Å². The maximum Gasteiger partial charge on any atom is 0.235 e. The number of rotatable bonds is 5. The summed E-state index contributed by atoms with van der Waals surface area (Å²) in [6.45, 7) is 0. The Morgan fingerprint density at radius 1 is 0.885 bits per heavy atom. The van der Waals surface area contributed by atoms with Gasteiger partial charge in [-0.25, -0.2) is 0 Å². The maximum atomic E-state index is 12.8. The molecule has 26 heavy (non-hydrogen) atoms. The molecule has 2 aromatic rings. The summed E-state index contributed by atoms with van der Waals surface area (Å²) in [6, 6.07) is 6.97. The lowest BCUT2D eigenvalue weighted by atomic mass is 10.1. The van der Waals surface area contributed by atoms with E-state index in [2.05, 4.69) is 15.9 Å². The summed E-state index contributed by atoms with van der Waals surface area (Å²) in [6.07, 6.45) is 1.64. The number of carbonyl (C=O) groups is 1. The smallest absolute Gasteiger partial charge is 0.235 e. The molecular formula is C19H17BrO6. The van der Waals surface area contributed by atoms with E-state index in [0.29, 0.717) is 38.8 Å². The second-order valence-electron chi connectivity index (χ2n) is 5.35. The third-order valence-corrected chi connectivity index (χ3v) is 4.71. The van der Waals surface area contributed by atoms with Crippen molar-refractivity contribution in [2.24, 2.45) is 0 Å². The van der Waals surface area contributed by atoms with Gasteiger partial charge in [-0.3, -0.25) is 4.79 Å². The Morgan fingerprint density at radius 3 is 2.15 bits per heavy atom. The topological polar surface area (TPSA) is 63.2 Å². The van der Waals surface area contributed by atoms with Crippen LogP contribution in [0.2, 0.25) is 0 Å². The lowest BCUT2D eigenvalue weighted by molar-refractivity contribution is 0.101. The van der Waals surface area contributed by atoms with E-state index in [-0.39, 0.29) is 11.5 Å². The molecule has 0 unspecified atom stereocenters. The minimum absolute atomic E-state index is 0.180. The molecule has 136 valence electrons. The normalized spacial score (nSPS) is 14.0. The maximum absolute atomic E-state index is 12.8. The Kier molecular flexibility index (Phi) is 5.08. The SMILES string of the molecule is COc1ccc(/C=C2\Oc3c(Br)c(OC)cc(OC)c3C2=O)cc1OC. The monoisotopic (exact) mass is 420 g/mol. The molecule has 1 heterocycles. The standard InChI is InChI=1S/C19H17BrO6/c1-22-11-6-5-10(7-12(11)23-2)8-15-18(21)16-13(24-3)9-14(25-4)17(20)19(16)26-15/h5-9H,1-4H3/b15-8-. The molecule has 0 saturated carbocycles. The molecule has 3 rings (SSSR count). The fourth-order valence-electron chi connectivity index (χ4n) is 2.68. The molecule has 0 atom stereocenters. The Balaban J connectivity index is 2.05. The molecule has 7 heteroatoms. The largest absolute Gasteiger partial charge is 0.496 e. The Bertz CT molecular complexity index is 903. The predicted octanol–water partition coefficient (Wildman–Crippen LogP) is 4.10. The summed E-state index contributed by atoms with van der Waals surface area (Å²) >= 11 is 3.42. The van der Waals surface area contributed by atoms with Crippen LogP contribution in [0.25, 0.3) is 6.08 Å². The minimum Gasteiger partial charge on any atom is -0.496 e. The van der Waals surface area contributed by atoms with Gasteiger partial charge < -0.3 is 23.7 Å². The molecular weight excluding hydrogens is 404 g/mol. The zero-order chi connectivity index (χ0) is 18.8. The fraction of sp³-hybridized carbons (Fsp3) is 0.211. The fourth-order valence-corrected chi connectivity index (χ4v) is 3.23. The van der Waals surface area contributed by atoms with Gasteiger partial charge in [-0.1, -0.05) is 6.07 Å². The highest BCUT2D eigenvalue weighted by atomic mass is 79.9. The number of halogens is 1. The van der Waals surface area contributed by atoms with Crippen molar-refractivity contribution in [1.82, 2.24) is 0 Å². The highest BCUT2D eigenvalue weighted by Gasteiger charge is 2.34. The summed E-state index contributed by atoms with van der Waals surface area (Å²) in [4.78, 5) is 12.8. The third-order valence-electron chi connectivity index (χ3n) is 3.96. The summed E-state index contributed by atoms with van der Waals surface area (Å²) in [7, 11) is 6.14. The average molecular weight is 421 g/mol. The zero-order valence-corrected chi connectivity index (χ0v) is 16.3. The van der Waals surface area contributed by atoms with Gasteiger partial charge in [-0.2, -0.15) is 0 Å². The van der Waals surface area contributed by atoms with Crippen molar-refractivity contribution < 1.29 is 28.5 Å². The van der Waals surface area contributed by atoms with Crippen molar-refractivity contribution in [3.8, 4) is 28.7 Å². The van der Waals surface area contributed by atoms with Crippen LogP contribution in [0.4, 0.5) is 0 Å². The van der Waals surface area contributed by atoms with Crippen molar-refractivity contribution >= 4 is 27.8 Å². The van der Waals surface area contributed by atoms with Gasteiger partial charge >= 0.3 is 0 Å². The van der Waals surface area contributed by atoms with Crippen molar-refractivity contribution in [3.63, 3.8) is 0 Å². The van der Waals surface area contributed by atoms with Gasteiger partial charge in [0.1, 0.15) is 21.5 Å². The Morgan fingerprint density at radius 2 is 1.54 bits per heavy atom. The van der Waals surface area contributed by atoms with E-state index in [1.54, 1.807) is 44.6 Å². The Labute approximate surface area is 159 Å². The molecule has 6 nitrogen and oxygen atoms in total. The van der Waals surface area contributed by atoms with Gasteiger partial charge in [0.25, 0.3) is 0 Å². The zero-order valence-electron chi connectivity index (χ0n) is 14.7. The first-order valence-electron chi connectivity index (χ1n) is 7.64. The highest BCUT2D eigenvalue weighted by molar-refractivity contribution is 9.10. The summed E-state index contributed by atoms with van der Waals surface area (Å²) in [5, 5.41) is 0. The van der Waals surface area contributed by atoms with E-state index in [9.17, 15) is 4.79 Å². The first kappa shape index (κ1) is 18.1. The van der Waals surface area contributed by atoms with Gasteiger partial charge in [0.15, 0.2) is 23.0 Å². The number of benzene rings is 2. The lowest BCUT2D eigenvalue weighted by Crippen LogP contribution is -2.00. The summed E-state index contributed by atoms with van der Waals surface area (Å²) in [5.74, 6) is 2.35. The van der Waals surface area contributed by atoms with Crippen LogP contribution in [-0.2, 0) is 0 Å². The number of fused-ring (bicyclic) bond motifs is 1. The molecule has 1 aliphatic heterocycles. The van der Waals surface area contributed by atoms with Crippen molar-refractivity contribution in [1.29, 1.82) is 0 Å². The number of hydrogen-bond donors (Lipinski definition) is 0. The van der Waals surface area contributed by atoms with E-state index in [0.717, 1.165) is 5.56 Å². The first-order chi connectivity index (χ1) is 12.5. The average Bonchev–Trinajstić information content (AvgIpc) is 2.99. The second-order valence-corrected chi connectivity index (χ2v) is 6.15. The molecule has 0 aromatic heterocycles. The molecule has 0 amide bonds. The van der Waals surface area contributed by atoms with E-state index < -0.39 is 0 Å². The van der Waals surface area contributed by atoms with Crippen molar-refractivity contribution in [2.75, 3.05) is 28.4 Å². The van der Waals surface area contributed by atoms with Gasteiger partial charge in [-0.15, -0.1) is 0 Å². The third kappa shape index (κ3) is 2.99. The molecule has 0 radical (unpaired) electrons. The minimum atomic E-state index is -0.269. The van der Waals surface area contributed by atoms with Gasteiger partial charge in [0.05, 0.1) is 28.4 Å². The molecule has 2 aromatic carbocycles. The van der Waals surface area contributed by atoms with Crippen LogP contribution < -0.4 is 23.7 Å². The predicted molar refractivity (Wildman–Crippen MR) is 99.7 cm³/mol. The van der Waals surface area contributed by atoms with E-state index in [1.807, 2.05) is 0 Å². The van der Waals surface area contributed by atoms with Crippen LogP contribution in [0.15, 0.2) is 34.5 Å². The molecule has 0 saturated heterocycles. The van der Waals surface area contributed by atoms with E-state index in [1.165, 1.54) is 14.2 Å². The molecule has 0 spiro atoms. The number of ketones is 1. The van der Waals surface area contributed by atoms with E-state index in [4.69, 9.17) is 23.7 Å². The van der Waals surface area contributed by atoms with Crippen LogP contribution in [0.1, 0.15) is 15.9 Å². The number of Topliss-reactive ketones (excluding diaryl/α,β-unsaturated/α-hetero) is 1. The number of ether oxygens (including phenoxy) is 5. The van der Waals surface area contributed by atoms with Crippen LogP contribution in [0, 0.1) is 0 Å².